The molecule has 274 valence electrons. The number of pyridine rings is 1. The Kier molecular flexibility index (Phi) is 13.5. The smallest absolute Gasteiger partial charge is 0.407 e. The lowest BCUT2D eigenvalue weighted by Crippen LogP contribution is -2.40. The highest BCUT2D eigenvalue weighted by molar-refractivity contribution is 7.89. The van der Waals surface area contributed by atoms with Gasteiger partial charge in [0.1, 0.15) is 11.2 Å². The molecule has 1 heterocycles. The molecule has 50 heavy (non-hydrogen) atoms. The van der Waals surface area contributed by atoms with Crippen LogP contribution in [0.4, 0.5) is 9.59 Å². The molecule has 2 N–H and O–H groups in total. The van der Waals surface area contributed by atoms with Gasteiger partial charge < -0.3 is 20.1 Å². The third-order valence-electron chi connectivity index (χ3n) is 6.92. The van der Waals surface area contributed by atoms with E-state index in [1.165, 1.54) is 32.9 Å². The average molecular weight is 732 g/mol. The Morgan fingerprint density at radius 2 is 0.960 bits per heavy atom. The third-order valence-corrected chi connectivity index (χ3v) is 10.6. The van der Waals surface area contributed by atoms with E-state index in [9.17, 15) is 26.4 Å². The largest absolute Gasteiger partial charge is 0.444 e. The van der Waals surface area contributed by atoms with Crippen LogP contribution in [-0.2, 0) is 42.6 Å². The number of alkyl carbamates (subject to hydrolysis) is 2. The average Bonchev–Trinajstić information content (AvgIpc) is 2.99. The number of rotatable bonds is 14. The highest BCUT2D eigenvalue weighted by Gasteiger charge is 2.28. The molecular formula is C35H49N5O8S2. The molecule has 2 aromatic carbocycles. The van der Waals surface area contributed by atoms with Crippen LogP contribution < -0.4 is 10.6 Å². The van der Waals surface area contributed by atoms with Gasteiger partial charge in [-0.05, 0) is 91.8 Å². The molecule has 13 nitrogen and oxygen atoms in total. The SMILES string of the molecule is Cc1ccc(S(=O)(=O)N(CCNC(=O)OC(C)(C)C)Cc2cccc(CN(CCNC(=O)OC(C)(C)C)S(=O)(=O)c3ccc(C)cc3)n2)cc1. The summed E-state index contributed by atoms with van der Waals surface area (Å²) >= 11 is 0. The van der Waals surface area contributed by atoms with Gasteiger partial charge in [0.15, 0.2) is 0 Å². The molecule has 0 aliphatic rings. The zero-order valence-corrected chi connectivity index (χ0v) is 31.7. The maximum atomic E-state index is 13.8. The van der Waals surface area contributed by atoms with Gasteiger partial charge in [0.05, 0.1) is 34.3 Å². The highest BCUT2D eigenvalue weighted by Crippen LogP contribution is 2.21. The molecule has 15 heteroatoms. The molecule has 0 bridgehead atoms. The number of aryl methyl sites for hydroxylation is 2. The number of carbonyl (C=O) groups is 2. The normalized spacial score (nSPS) is 12.5. The van der Waals surface area contributed by atoms with E-state index in [0.29, 0.717) is 11.4 Å². The van der Waals surface area contributed by atoms with Crippen LogP contribution in [0.2, 0.25) is 0 Å². The Balaban J connectivity index is 1.88. The van der Waals surface area contributed by atoms with E-state index in [1.54, 1.807) is 84.0 Å². The number of nitrogens with one attached hydrogen (secondary N) is 2. The van der Waals surface area contributed by atoms with Crippen molar-refractivity contribution in [2.45, 2.75) is 89.5 Å². The number of hydrogen-bond acceptors (Lipinski definition) is 9. The van der Waals surface area contributed by atoms with Gasteiger partial charge in [0.25, 0.3) is 0 Å². The fraction of sp³-hybridized carbons (Fsp3) is 0.457. The van der Waals surface area contributed by atoms with Gasteiger partial charge in [-0.1, -0.05) is 41.5 Å². The van der Waals surface area contributed by atoms with E-state index in [2.05, 4.69) is 15.6 Å². The summed E-state index contributed by atoms with van der Waals surface area (Å²) in [6.07, 6.45) is -1.36. The molecule has 0 radical (unpaired) electrons. The molecule has 0 saturated carbocycles. The number of carbonyl (C=O) groups excluding carboxylic acids is 2. The number of benzene rings is 2. The molecule has 0 unspecified atom stereocenters. The van der Waals surface area contributed by atoms with Crippen molar-refractivity contribution in [3.05, 3.63) is 89.2 Å². The minimum absolute atomic E-state index is 0.0348. The van der Waals surface area contributed by atoms with E-state index < -0.39 is 43.4 Å². The lowest BCUT2D eigenvalue weighted by molar-refractivity contribution is 0.0514. The number of nitrogens with zero attached hydrogens (tertiary/aromatic N) is 3. The zero-order valence-electron chi connectivity index (χ0n) is 30.0. The summed E-state index contributed by atoms with van der Waals surface area (Å²) in [6.45, 7) is 13.5. The van der Waals surface area contributed by atoms with E-state index in [4.69, 9.17) is 9.47 Å². The van der Waals surface area contributed by atoms with E-state index in [-0.39, 0.29) is 49.1 Å². The lowest BCUT2D eigenvalue weighted by Gasteiger charge is -2.25. The number of hydrogen-bond donors (Lipinski definition) is 2. The van der Waals surface area contributed by atoms with Crippen LogP contribution in [0.25, 0.3) is 0 Å². The van der Waals surface area contributed by atoms with Crippen molar-refractivity contribution in [3.8, 4) is 0 Å². The number of aromatic nitrogens is 1. The Morgan fingerprint density at radius 1 is 0.620 bits per heavy atom. The second-order valence-corrected chi connectivity index (χ2v) is 17.7. The highest BCUT2D eigenvalue weighted by atomic mass is 32.2. The van der Waals surface area contributed by atoms with Crippen LogP contribution >= 0.6 is 0 Å². The third kappa shape index (κ3) is 12.7. The van der Waals surface area contributed by atoms with E-state index >= 15 is 0 Å². The molecule has 0 spiro atoms. The van der Waals surface area contributed by atoms with Crippen molar-refractivity contribution >= 4 is 32.2 Å². The topological polar surface area (TPSA) is 164 Å². The number of amides is 2. The van der Waals surface area contributed by atoms with Crippen molar-refractivity contribution in [1.29, 1.82) is 0 Å². The van der Waals surface area contributed by atoms with Crippen molar-refractivity contribution in [3.63, 3.8) is 0 Å². The maximum absolute atomic E-state index is 13.8. The van der Waals surface area contributed by atoms with Crippen molar-refractivity contribution in [2.24, 2.45) is 0 Å². The Labute approximate surface area is 296 Å². The standard InChI is InChI=1S/C35H49N5O8S2/c1-26-12-16-30(17-13-26)49(43,44)39(22-20-36-32(41)47-34(3,4)5)24-28-10-9-11-29(38-28)25-40(23-21-37-33(42)48-35(6,7)8)50(45,46)31-18-14-27(2)15-19-31/h9-19H,20-25H2,1-8H3,(H,36,41)(H,37,42). The van der Waals surface area contributed by atoms with Crippen LogP contribution in [0.15, 0.2) is 76.5 Å². The van der Waals surface area contributed by atoms with Crippen LogP contribution in [-0.4, -0.2) is 80.0 Å². The predicted molar refractivity (Wildman–Crippen MR) is 190 cm³/mol. The van der Waals surface area contributed by atoms with Gasteiger partial charge in [-0.25, -0.2) is 26.4 Å². The quantitative estimate of drug-likeness (QED) is 0.229. The minimum Gasteiger partial charge on any atom is -0.444 e. The van der Waals surface area contributed by atoms with Crippen molar-refractivity contribution in [2.75, 3.05) is 26.2 Å². The maximum Gasteiger partial charge on any atom is 0.407 e. The fourth-order valence-corrected chi connectivity index (χ4v) is 7.37. The van der Waals surface area contributed by atoms with Crippen LogP contribution in [0.5, 0.6) is 0 Å². The molecule has 3 aromatic rings. The molecule has 0 saturated heterocycles. The second-order valence-electron chi connectivity index (χ2n) is 13.8. The fourth-order valence-electron chi connectivity index (χ4n) is 4.55. The Bertz CT molecular complexity index is 1690. The first-order chi connectivity index (χ1) is 23.2. The van der Waals surface area contributed by atoms with Gasteiger partial charge in [0, 0.05) is 26.2 Å². The first-order valence-electron chi connectivity index (χ1n) is 16.2. The Morgan fingerprint density at radius 3 is 1.28 bits per heavy atom. The first-order valence-corrected chi connectivity index (χ1v) is 19.1. The molecule has 0 aliphatic heterocycles. The summed E-state index contributed by atoms with van der Waals surface area (Å²) in [4.78, 5) is 29.3. The molecule has 1 aromatic heterocycles. The number of sulfonamides is 2. The van der Waals surface area contributed by atoms with Gasteiger partial charge in [-0.2, -0.15) is 8.61 Å². The molecule has 2 amide bonds. The second kappa shape index (κ2) is 16.8. The molecule has 3 rings (SSSR count). The molecular weight excluding hydrogens is 683 g/mol. The lowest BCUT2D eigenvalue weighted by atomic mass is 10.2. The van der Waals surface area contributed by atoms with Crippen LogP contribution in [0.3, 0.4) is 0 Å². The summed E-state index contributed by atoms with van der Waals surface area (Å²) in [7, 11) is -8.08. The van der Waals surface area contributed by atoms with E-state index in [0.717, 1.165) is 11.1 Å². The van der Waals surface area contributed by atoms with Gasteiger partial charge >= 0.3 is 12.2 Å². The zero-order chi connectivity index (χ0) is 37.3. The van der Waals surface area contributed by atoms with Gasteiger partial charge in [-0.3, -0.25) is 4.98 Å². The van der Waals surface area contributed by atoms with Gasteiger partial charge in [-0.15, -0.1) is 0 Å². The summed E-state index contributed by atoms with van der Waals surface area (Å²) in [5.74, 6) is 0. The monoisotopic (exact) mass is 731 g/mol. The summed E-state index contributed by atoms with van der Waals surface area (Å²) in [5, 5.41) is 5.20. The minimum atomic E-state index is -4.04. The molecule has 0 fully saturated rings. The number of ether oxygens (including phenoxy) is 2. The van der Waals surface area contributed by atoms with Gasteiger partial charge in [0.2, 0.25) is 20.0 Å². The van der Waals surface area contributed by atoms with E-state index in [1.807, 2.05) is 13.8 Å². The van der Waals surface area contributed by atoms with Crippen LogP contribution in [0.1, 0.15) is 64.1 Å². The van der Waals surface area contributed by atoms with Crippen molar-refractivity contribution < 1.29 is 35.9 Å². The summed E-state index contributed by atoms with van der Waals surface area (Å²) in [5.41, 5.74) is 1.04. The predicted octanol–water partition coefficient (Wildman–Crippen LogP) is 5.13. The molecule has 0 aliphatic carbocycles. The molecule has 0 atom stereocenters. The summed E-state index contributed by atoms with van der Waals surface area (Å²) in [6, 6.07) is 17.8. The van der Waals surface area contributed by atoms with Crippen LogP contribution in [0, 0.1) is 13.8 Å². The Hall–Kier alpha value is -4.05. The summed E-state index contributed by atoms with van der Waals surface area (Å²) < 4.78 is 68.2. The van der Waals surface area contributed by atoms with Crippen molar-refractivity contribution in [1.82, 2.24) is 24.2 Å². The first kappa shape index (κ1) is 40.4.